The molecule has 4 rings (SSSR count). The normalized spacial score (nSPS) is 14.4. The van der Waals surface area contributed by atoms with E-state index in [-0.39, 0.29) is 24.6 Å². The molecule has 0 bridgehead atoms. The molecule has 0 aromatic carbocycles. The molecule has 11 heteroatoms. The zero-order valence-electron chi connectivity index (χ0n) is 15.3. The summed E-state index contributed by atoms with van der Waals surface area (Å²) >= 11 is 1.14. The molecule has 0 atom stereocenters. The summed E-state index contributed by atoms with van der Waals surface area (Å²) in [7, 11) is 0. The second-order valence-corrected chi connectivity index (χ2v) is 7.51. The van der Waals surface area contributed by atoms with Crippen molar-refractivity contribution >= 4 is 33.4 Å². The first-order chi connectivity index (χ1) is 14.0. The van der Waals surface area contributed by atoms with Gasteiger partial charge in [0.05, 0.1) is 36.2 Å². The number of pyridine rings is 1. The number of carboxylic acid groups (broad SMARTS) is 1. The van der Waals surface area contributed by atoms with Crippen LogP contribution >= 0.6 is 11.3 Å². The molecule has 0 spiro atoms. The van der Waals surface area contributed by atoms with Crippen molar-refractivity contribution < 1.29 is 24.5 Å². The first kappa shape index (κ1) is 19.2. The van der Waals surface area contributed by atoms with Gasteiger partial charge in [-0.05, 0) is 11.4 Å². The minimum atomic E-state index is -1.35. The Morgan fingerprint density at radius 2 is 2.03 bits per heavy atom. The highest BCUT2D eigenvalue weighted by molar-refractivity contribution is 7.17. The zero-order chi connectivity index (χ0) is 20.5. The molecule has 0 unspecified atom stereocenters. The van der Waals surface area contributed by atoms with Crippen molar-refractivity contribution in [3.05, 3.63) is 45.3 Å². The molecule has 1 amide bonds. The molecule has 3 aromatic rings. The number of aromatic carboxylic acids is 1. The molecular formula is C18H18N4O6S. The fraction of sp³-hybridized carbons (Fsp3) is 0.333. The molecule has 0 aliphatic carbocycles. The summed E-state index contributed by atoms with van der Waals surface area (Å²) in [5.41, 5.74) is -0.0994. The van der Waals surface area contributed by atoms with Gasteiger partial charge in [-0.1, -0.05) is 0 Å². The molecule has 152 valence electrons. The maximum absolute atomic E-state index is 12.6. The number of aromatic hydroxyl groups is 1. The van der Waals surface area contributed by atoms with E-state index < -0.39 is 17.3 Å². The van der Waals surface area contributed by atoms with Gasteiger partial charge < -0.3 is 19.8 Å². The van der Waals surface area contributed by atoms with Gasteiger partial charge >= 0.3 is 5.97 Å². The van der Waals surface area contributed by atoms with Gasteiger partial charge in [0.15, 0.2) is 5.75 Å². The third-order valence-electron chi connectivity index (χ3n) is 4.75. The van der Waals surface area contributed by atoms with Crippen LogP contribution in [-0.4, -0.2) is 67.6 Å². The average molecular weight is 418 g/mol. The number of amides is 1. The predicted octanol–water partition coefficient (Wildman–Crippen LogP) is 0.570. The van der Waals surface area contributed by atoms with Crippen LogP contribution in [0.4, 0.5) is 0 Å². The summed E-state index contributed by atoms with van der Waals surface area (Å²) in [6.45, 7) is 2.30. The Labute approximate surface area is 168 Å². The molecule has 10 nitrogen and oxygen atoms in total. The second kappa shape index (κ2) is 7.68. The Kier molecular flexibility index (Phi) is 5.07. The number of thiophene rings is 1. The van der Waals surface area contributed by atoms with E-state index in [0.717, 1.165) is 11.3 Å². The van der Waals surface area contributed by atoms with Crippen molar-refractivity contribution in [2.75, 3.05) is 26.3 Å². The maximum atomic E-state index is 12.6. The average Bonchev–Trinajstić information content (AvgIpc) is 3.35. The molecule has 4 heterocycles. The van der Waals surface area contributed by atoms with E-state index in [9.17, 15) is 24.6 Å². The standard InChI is InChI=1S/C18H18N4O6S/c23-13(20-2-4-28-5-3-20)10-21-8-11(7-19-21)9-22-12-1-6-29-16(12)14(18(26)27)15(24)17(22)25/h1,6-8,24H,2-5,9-10H2,(H,26,27). The van der Waals surface area contributed by atoms with Crippen molar-refractivity contribution in [3.8, 4) is 5.75 Å². The Morgan fingerprint density at radius 1 is 1.28 bits per heavy atom. The van der Waals surface area contributed by atoms with Crippen LogP contribution in [0.25, 0.3) is 10.2 Å². The monoisotopic (exact) mass is 418 g/mol. The highest BCUT2D eigenvalue weighted by atomic mass is 32.1. The van der Waals surface area contributed by atoms with E-state index >= 15 is 0 Å². The molecular weight excluding hydrogens is 400 g/mol. The number of morpholine rings is 1. The number of carboxylic acids is 1. The number of hydrogen-bond acceptors (Lipinski definition) is 7. The minimum absolute atomic E-state index is 0.0659. The second-order valence-electron chi connectivity index (χ2n) is 6.59. The van der Waals surface area contributed by atoms with Crippen LogP contribution in [-0.2, 0) is 22.6 Å². The van der Waals surface area contributed by atoms with Crippen LogP contribution in [0.15, 0.2) is 28.6 Å². The molecule has 1 aliphatic rings. The van der Waals surface area contributed by atoms with Crippen LogP contribution in [0.5, 0.6) is 5.75 Å². The van der Waals surface area contributed by atoms with E-state index in [1.165, 1.54) is 9.25 Å². The number of rotatable bonds is 5. The SMILES string of the molecule is O=C(O)c1c(O)c(=O)n(Cc2cnn(CC(=O)N3CCOCC3)c2)c2ccsc12. The molecule has 2 N–H and O–H groups in total. The summed E-state index contributed by atoms with van der Waals surface area (Å²) in [6, 6.07) is 1.64. The van der Waals surface area contributed by atoms with Gasteiger partial charge in [-0.3, -0.25) is 18.8 Å². The maximum Gasteiger partial charge on any atom is 0.341 e. The van der Waals surface area contributed by atoms with Gasteiger partial charge in [0.1, 0.15) is 12.1 Å². The summed E-state index contributed by atoms with van der Waals surface area (Å²) < 4.78 is 8.36. The van der Waals surface area contributed by atoms with Crippen LogP contribution in [0.2, 0.25) is 0 Å². The summed E-state index contributed by atoms with van der Waals surface area (Å²) in [4.78, 5) is 38.0. The Bertz CT molecular complexity index is 1140. The predicted molar refractivity (Wildman–Crippen MR) is 103 cm³/mol. The Balaban J connectivity index is 1.59. The number of nitrogens with zero attached hydrogens (tertiary/aromatic N) is 4. The third kappa shape index (κ3) is 3.61. The number of aromatic nitrogens is 3. The highest BCUT2D eigenvalue weighted by Gasteiger charge is 2.23. The molecule has 1 fully saturated rings. The molecule has 0 saturated carbocycles. The lowest BCUT2D eigenvalue weighted by Gasteiger charge is -2.26. The molecule has 29 heavy (non-hydrogen) atoms. The minimum Gasteiger partial charge on any atom is -0.502 e. The smallest absolute Gasteiger partial charge is 0.341 e. The van der Waals surface area contributed by atoms with Crippen molar-refractivity contribution in [3.63, 3.8) is 0 Å². The first-order valence-corrected chi connectivity index (χ1v) is 9.77. The van der Waals surface area contributed by atoms with Gasteiger partial charge in [0.25, 0.3) is 5.56 Å². The van der Waals surface area contributed by atoms with Gasteiger partial charge in [0, 0.05) is 24.8 Å². The van der Waals surface area contributed by atoms with Gasteiger partial charge in [-0.25, -0.2) is 4.79 Å². The quantitative estimate of drug-likeness (QED) is 0.620. The largest absolute Gasteiger partial charge is 0.502 e. The lowest BCUT2D eigenvalue weighted by molar-refractivity contribution is -0.136. The van der Waals surface area contributed by atoms with Crippen molar-refractivity contribution in [1.29, 1.82) is 0 Å². The van der Waals surface area contributed by atoms with Crippen LogP contribution < -0.4 is 5.56 Å². The number of carbonyl (C=O) groups is 2. The van der Waals surface area contributed by atoms with Crippen LogP contribution in [0.3, 0.4) is 0 Å². The number of fused-ring (bicyclic) bond motifs is 1. The number of hydrogen-bond donors (Lipinski definition) is 2. The van der Waals surface area contributed by atoms with Crippen LogP contribution in [0, 0.1) is 0 Å². The number of ether oxygens (including phenoxy) is 1. The topological polar surface area (TPSA) is 127 Å². The highest BCUT2D eigenvalue weighted by Crippen LogP contribution is 2.29. The van der Waals surface area contributed by atoms with E-state index in [4.69, 9.17) is 4.74 Å². The van der Waals surface area contributed by atoms with Crippen LogP contribution in [0.1, 0.15) is 15.9 Å². The lowest BCUT2D eigenvalue weighted by Crippen LogP contribution is -2.42. The first-order valence-electron chi connectivity index (χ1n) is 8.89. The Hall–Kier alpha value is -3.18. The molecule has 1 aliphatic heterocycles. The summed E-state index contributed by atoms with van der Waals surface area (Å²) in [5.74, 6) is -2.21. The van der Waals surface area contributed by atoms with Gasteiger partial charge in [-0.15, -0.1) is 11.3 Å². The molecule has 0 radical (unpaired) electrons. The fourth-order valence-corrected chi connectivity index (χ4v) is 4.25. The van der Waals surface area contributed by atoms with E-state index in [1.54, 1.807) is 28.7 Å². The van der Waals surface area contributed by atoms with E-state index in [1.807, 2.05) is 0 Å². The van der Waals surface area contributed by atoms with Crippen molar-refractivity contribution in [1.82, 2.24) is 19.2 Å². The zero-order valence-corrected chi connectivity index (χ0v) is 16.1. The molecule has 1 saturated heterocycles. The third-order valence-corrected chi connectivity index (χ3v) is 5.67. The van der Waals surface area contributed by atoms with Gasteiger partial charge in [0.2, 0.25) is 5.91 Å². The van der Waals surface area contributed by atoms with Crippen molar-refractivity contribution in [2.45, 2.75) is 13.1 Å². The molecule has 3 aromatic heterocycles. The summed E-state index contributed by atoms with van der Waals surface area (Å²) in [6.07, 6.45) is 3.20. The lowest BCUT2D eigenvalue weighted by atomic mass is 10.2. The fourth-order valence-electron chi connectivity index (χ4n) is 3.32. The van der Waals surface area contributed by atoms with E-state index in [0.29, 0.717) is 42.1 Å². The summed E-state index contributed by atoms with van der Waals surface area (Å²) in [5, 5.41) is 25.3. The Morgan fingerprint density at radius 3 is 2.76 bits per heavy atom. The van der Waals surface area contributed by atoms with Gasteiger partial charge in [-0.2, -0.15) is 5.10 Å². The number of carbonyl (C=O) groups excluding carboxylic acids is 1. The van der Waals surface area contributed by atoms with Crippen molar-refractivity contribution in [2.24, 2.45) is 0 Å². The van der Waals surface area contributed by atoms with E-state index in [2.05, 4.69) is 5.10 Å².